The topological polar surface area (TPSA) is 37.4 Å². The van der Waals surface area contributed by atoms with Crippen LogP contribution in [0, 0.1) is 0 Å². The highest BCUT2D eigenvalue weighted by Gasteiger charge is 1.93. The minimum absolute atomic E-state index is 0.629. The van der Waals surface area contributed by atoms with Crippen molar-refractivity contribution < 1.29 is 9.59 Å². The molecule has 21 heavy (non-hydrogen) atoms. The van der Waals surface area contributed by atoms with Crippen molar-refractivity contribution in [3.8, 4) is 0 Å². The van der Waals surface area contributed by atoms with Gasteiger partial charge in [0, 0.05) is 31.8 Å². The molecule has 0 fully saturated rings. The molecule has 2 rings (SSSR count). The minimum Gasteiger partial charge on any atom is -0.378 e. The Bertz CT molecular complexity index is 533. The number of anilines is 1. The van der Waals surface area contributed by atoms with Gasteiger partial charge in [-0.2, -0.15) is 0 Å². The number of nitrogens with zero attached hydrogens (tertiary/aromatic N) is 1. The molecule has 0 saturated heterocycles. The quantitative estimate of drug-likeness (QED) is 0.789. The maximum absolute atomic E-state index is 10.3. The van der Waals surface area contributed by atoms with Gasteiger partial charge in [0.15, 0.2) is 0 Å². The maximum atomic E-state index is 10.3. The molecule has 0 saturated carbocycles. The molecule has 0 spiro atoms. The number of carbonyl (C=O) groups is 2. The van der Waals surface area contributed by atoms with E-state index in [-0.39, 0.29) is 0 Å². The molecular formula is C18H21NO2. The van der Waals surface area contributed by atoms with E-state index in [0.29, 0.717) is 6.42 Å². The first-order chi connectivity index (χ1) is 10.2. The van der Waals surface area contributed by atoms with Crippen LogP contribution in [0.3, 0.4) is 0 Å². The second kappa shape index (κ2) is 9.48. The van der Waals surface area contributed by atoms with Gasteiger partial charge < -0.3 is 9.69 Å². The van der Waals surface area contributed by atoms with E-state index in [9.17, 15) is 9.59 Å². The first kappa shape index (κ1) is 16.6. The van der Waals surface area contributed by atoms with E-state index in [4.69, 9.17) is 0 Å². The lowest BCUT2D eigenvalue weighted by molar-refractivity contribution is -0.107. The molecule has 0 aromatic heterocycles. The second-order valence-corrected chi connectivity index (χ2v) is 4.79. The molecule has 0 heterocycles. The molecule has 0 radical (unpaired) electrons. The highest BCUT2D eigenvalue weighted by Crippen LogP contribution is 2.10. The smallest absolute Gasteiger partial charge is 0.150 e. The van der Waals surface area contributed by atoms with Crippen molar-refractivity contribution >= 4 is 18.3 Å². The van der Waals surface area contributed by atoms with Crippen LogP contribution in [0.25, 0.3) is 0 Å². The summed E-state index contributed by atoms with van der Waals surface area (Å²) in [6, 6.07) is 17.5. The first-order valence-electron chi connectivity index (χ1n) is 6.87. The van der Waals surface area contributed by atoms with Gasteiger partial charge in [-0.05, 0) is 36.2 Å². The lowest BCUT2D eigenvalue weighted by Gasteiger charge is -2.11. The van der Waals surface area contributed by atoms with Gasteiger partial charge in [0.2, 0.25) is 0 Å². The second-order valence-electron chi connectivity index (χ2n) is 4.79. The van der Waals surface area contributed by atoms with E-state index in [1.807, 2.05) is 73.6 Å². The van der Waals surface area contributed by atoms with Crippen LogP contribution in [0.2, 0.25) is 0 Å². The van der Waals surface area contributed by atoms with Crippen LogP contribution in [0.4, 0.5) is 5.69 Å². The zero-order valence-electron chi connectivity index (χ0n) is 12.5. The lowest BCUT2D eigenvalue weighted by atomic mass is 10.1. The SMILES string of the molecule is CN(C)c1ccc(C=O)cc1.O=CCCc1ccccc1. The van der Waals surface area contributed by atoms with Crippen molar-refractivity contribution in [2.75, 3.05) is 19.0 Å². The van der Waals surface area contributed by atoms with Crippen LogP contribution in [0.5, 0.6) is 0 Å². The fourth-order valence-electron chi connectivity index (χ4n) is 1.72. The molecule has 2 aromatic rings. The summed E-state index contributed by atoms with van der Waals surface area (Å²) in [5.41, 5.74) is 3.06. The van der Waals surface area contributed by atoms with E-state index in [1.54, 1.807) is 0 Å². The van der Waals surface area contributed by atoms with Crippen LogP contribution in [-0.2, 0) is 11.2 Å². The molecule has 0 aliphatic heterocycles. The molecule has 0 unspecified atom stereocenters. The number of hydrogen-bond acceptors (Lipinski definition) is 3. The number of rotatable bonds is 5. The number of aryl methyl sites for hydroxylation is 1. The molecule has 0 amide bonds. The third-order valence-corrected chi connectivity index (χ3v) is 2.94. The van der Waals surface area contributed by atoms with E-state index < -0.39 is 0 Å². The summed E-state index contributed by atoms with van der Waals surface area (Å²) in [7, 11) is 3.94. The van der Waals surface area contributed by atoms with Crippen LogP contribution in [-0.4, -0.2) is 26.7 Å². The Balaban J connectivity index is 0.000000211. The van der Waals surface area contributed by atoms with E-state index in [0.717, 1.165) is 30.2 Å². The van der Waals surface area contributed by atoms with Gasteiger partial charge in [-0.1, -0.05) is 30.3 Å². The monoisotopic (exact) mass is 283 g/mol. The van der Waals surface area contributed by atoms with Gasteiger partial charge in [0.05, 0.1) is 0 Å². The zero-order chi connectivity index (χ0) is 15.5. The average Bonchev–Trinajstić information content (AvgIpc) is 2.54. The molecule has 0 N–H and O–H groups in total. The van der Waals surface area contributed by atoms with Crippen molar-refractivity contribution in [3.05, 3.63) is 65.7 Å². The summed E-state index contributed by atoms with van der Waals surface area (Å²) in [6.07, 6.45) is 3.29. The molecule has 3 nitrogen and oxygen atoms in total. The predicted molar refractivity (Wildman–Crippen MR) is 87.0 cm³/mol. The van der Waals surface area contributed by atoms with Crippen molar-refractivity contribution in [2.24, 2.45) is 0 Å². The third-order valence-electron chi connectivity index (χ3n) is 2.94. The summed E-state index contributed by atoms with van der Waals surface area (Å²) >= 11 is 0. The zero-order valence-corrected chi connectivity index (χ0v) is 12.5. The van der Waals surface area contributed by atoms with Crippen LogP contribution >= 0.6 is 0 Å². The Morgan fingerprint density at radius 1 is 0.905 bits per heavy atom. The van der Waals surface area contributed by atoms with E-state index in [2.05, 4.69) is 0 Å². The van der Waals surface area contributed by atoms with Gasteiger partial charge >= 0.3 is 0 Å². The van der Waals surface area contributed by atoms with E-state index in [1.165, 1.54) is 5.56 Å². The maximum Gasteiger partial charge on any atom is 0.150 e. The molecule has 0 bridgehead atoms. The lowest BCUT2D eigenvalue weighted by Crippen LogP contribution is -2.08. The summed E-state index contributed by atoms with van der Waals surface area (Å²) < 4.78 is 0. The van der Waals surface area contributed by atoms with Gasteiger partial charge in [0.1, 0.15) is 12.6 Å². The number of aldehydes is 2. The van der Waals surface area contributed by atoms with Gasteiger partial charge in [-0.3, -0.25) is 4.79 Å². The van der Waals surface area contributed by atoms with Gasteiger partial charge in [0.25, 0.3) is 0 Å². The number of hydrogen-bond donors (Lipinski definition) is 0. The van der Waals surface area contributed by atoms with Gasteiger partial charge in [-0.15, -0.1) is 0 Å². The standard InChI is InChI=1S/C9H11NO.C9H10O/c1-10(2)9-5-3-8(7-11)4-6-9;10-8-4-7-9-5-2-1-3-6-9/h3-7H,1-2H3;1-3,5-6,8H,4,7H2. The van der Waals surface area contributed by atoms with E-state index >= 15 is 0 Å². The number of carbonyl (C=O) groups excluding carboxylic acids is 2. The Morgan fingerprint density at radius 3 is 2.00 bits per heavy atom. The van der Waals surface area contributed by atoms with Crippen LogP contribution in [0.1, 0.15) is 22.3 Å². The average molecular weight is 283 g/mol. The Morgan fingerprint density at radius 2 is 1.52 bits per heavy atom. The fourth-order valence-corrected chi connectivity index (χ4v) is 1.72. The summed E-state index contributed by atoms with van der Waals surface area (Å²) in [4.78, 5) is 22.2. The highest BCUT2D eigenvalue weighted by atomic mass is 16.1. The molecule has 0 atom stereocenters. The van der Waals surface area contributed by atoms with Crippen molar-refractivity contribution in [1.29, 1.82) is 0 Å². The van der Waals surface area contributed by atoms with Crippen molar-refractivity contribution in [1.82, 2.24) is 0 Å². The Kier molecular flexibility index (Phi) is 7.51. The fraction of sp³-hybridized carbons (Fsp3) is 0.222. The molecule has 0 aliphatic carbocycles. The molecule has 2 aromatic carbocycles. The largest absolute Gasteiger partial charge is 0.378 e. The van der Waals surface area contributed by atoms with Crippen LogP contribution in [0.15, 0.2) is 54.6 Å². The molecule has 3 heteroatoms. The van der Waals surface area contributed by atoms with Crippen molar-refractivity contribution in [3.63, 3.8) is 0 Å². The summed E-state index contributed by atoms with van der Waals surface area (Å²) in [6.45, 7) is 0. The van der Waals surface area contributed by atoms with Gasteiger partial charge in [-0.25, -0.2) is 0 Å². The van der Waals surface area contributed by atoms with Crippen molar-refractivity contribution in [2.45, 2.75) is 12.8 Å². The molecule has 110 valence electrons. The third kappa shape index (κ3) is 6.52. The highest BCUT2D eigenvalue weighted by molar-refractivity contribution is 5.75. The predicted octanol–water partition coefficient (Wildman–Crippen LogP) is 3.38. The normalized spacial score (nSPS) is 9.24. The first-order valence-corrected chi connectivity index (χ1v) is 6.87. The number of benzene rings is 2. The molecular weight excluding hydrogens is 262 g/mol. The summed E-state index contributed by atoms with van der Waals surface area (Å²) in [5.74, 6) is 0. The Labute approximate surface area is 126 Å². The summed E-state index contributed by atoms with van der Waals surface area (Å²) in [5, 5.41) is 0. The molecule has 0 aliphatic rings. The Hall–Kier alpha value is -2.42. The minimum atomic E-state index is 0.629. The van der Waals surface area contributed by atoms with Crippen LogP contribution < -0.4 is 4.90 Å².